The predicted octanol–water partition coefficient (Wildman–Crippen LogP) is 3.66. The highest BCUT2D eigenvalue weighted by molar-refractivity contribution is 7.89. The Hall–Kier alpha value is -2.05. The summed E-state index contributed by atoms with van der Waals surface area (Å²) in [6.45, 7) is 2.92. The molecule has 5 nitrogen and oxygen atoms in total. The topological polar surface area (TPSA) is 55.8 Å². The fourth-order valence-corrected chi connectivity index (χ4v) is 5.29. The fraction of sp³-hybridized carbons (Fsp3) is 0.429. The summed E-state index contributed by atoms with van der Waals surface area (Å²) in [5.41, 5.74) is 2.15. The maximum atomic E-state index is 13.2. The maximum absolute atomic E-state index is 13.2. The van der Waals surface area contributed by atoms with Crippen molar-refractivity contribution in [3.63, 3.8) is 0 Å². The van der Waals surface area contributed by atoms with E-state index in [1.54, 1.807) is 23.5 Å². The molecule has 1 aliphatic rings. The molecule has 3 rings (SSSR count). The Balaban J connectivity index is 1.75. The van der Waals surface area contributed by atoms with Crippen molar-refractivity contribution in [3.8, 4) is 11.5 Å². The van der Waals surface area contributed by atoms with Gasteiger partial charge in [0.2, 0.25) is 10.0 Å². The minimum absolute atomic E-state index is 0.175. The molecule has 1 aliphatic heterocycles. The minimum Gasteiger partial charge on any atom is -0.496 e. The van der Waals surface area contributed by atoms with Crippen molar-refractivity contribution in [1.29, 1.82) is 0 Å². The van der Waals surface area contributed by atoms with E-state index in [0.29, 0.717) is 30.5 Å². The van der Waals surface area contributed by atoms with Crippen molar-refractivity contribution < 1.29 is 17.9 Å². The molecule has 2 aromatic carbocycles. The molecule has 0 amide bonds. The van der Waals surface area contributed by atoms with Crippen LogP contribution in [0.4, 0.5) is 0 Å². The van der Waals surface area contributed by atoms with Crippen LogP contribution < -0.4 is 9.47 Å². The van der Waals surface area contributed by atoms with Gasteiger partial charge in [0.15, 0.2) is 0 Å². The van der Waals surface area contributed by atoms with E-state index >= 15 is 0 Å². The second-order valence-electron chi connectivity index (χ2n) is 7.01. The van der Waals surface area contributed by atoms with Gasteiger partial charge in [-0.25, -0.2) is 8.42 Å². The summed E-state index contributed by atoms with van der Waals surface area (Å²) in [6, 6.07) is 13.7. The van der Waals surface area contributed by atoms with Crippen LogP contribution in [0.25, 0.3) is 0 Å². The highest BCUT2D eigenvalue weighted by Crippen LogP contribution is 2.35. The van der Waals surface area contributed by atoms with Gasteiger partial charge in [0.1, 0.15) is 16.4 Å². The first-order chi connectivity index (χ1) is 13.0. The van der Waals surface area contributed by atoms with Gasteiger partial charge >= 0.3 is 0 Å². The molecule has 0 N–H and O–H groups in total. The molecule has 2 aromatic rings. The predicted molar refractivity (Wildman–Crippen MR) is 106 cm³/mol. The molecule has 0 saturated carbocycles. The summed E-state index contributed by atoms with van der Waals surface area (Å²) in [4.78, 5) is 0.175. The largest absolute Gasteiger partial charge is 0.496 e. The molecule has 1 saturated heterocycles. The molecule has 0 aromatic heterocycles. The second-order valence-corrected chi connectivity index (χ2v) is 8.92. The van der Waals surface area contributed by atoms with E-state index in [1.807, 2.05) is 25.1 Å². The Morgan fingerprint density at radius 3 is 2.22 bits per heavy atom. The SMILES string of the molecule is COc1cc(S(=O)(=O)N2CCC(Cc3ccccc3)CC2)c(OC)cc1C. The molecular formula is C21H27NO4S. The molecule has 0 atom stereocenters. The lowest BCUT2D eigenvalue weighted by molar-refractivity contribution is 0.272. The molecule has 146 valence electrons. The number of benzene rings is 2. The van der Waals surface area contributed by atoms with Gasteiger partial charge in [0.25, 0.3) is 0 Å². The summed E-state index contributed by atoms with van der Waals surface area (Å²) in [6.07, 6.45) is 2.72. The Morgan fingerprint density at radius 1 is 1.00 bits per heavy atom. The van der Waals surface area contributed by atoms with Crippen LogP contribution in [0.1, 0.15) is 24.0 Å². The van der Waals surface area contributed by atoms with E-state index in [1.165, 1.54) is 12.7 Å². The number of rotatable bonds is 6. The van der Waals surface area contributed by atoms with E-state index in [-0.39, 0.29) is 4.90 Å². The molecule has 0 bridgehead atoms. The molecule has 0 spiro atoms. The Bertz CT molecular complexity index is 873. The third kappa shape index (κ3) is 4.28. The van der Waals surface area contributed by atoms with Gasteiger partial charge in [-0.3, -0.25) is 0 Å². The first-order valence-electron chi connectivity index (χ1n) is 9.22. The number of piperidine rings is 1. The summed E-state index contributed by atoms with van der Waals surface area (Å²) < 4.78 is 38.6. The number of sulfonamides is 1. The van der Waals surface area contributed by atoms with Crippen molar-refractivity contribution in [2.24, 2.45) is 5.92 Å². The average molecular weight is 390 g/mol. The van der Waals surface area contributed by atoms with Gasteiger partial charge in [0.05, 0.1) is 14.2 Å². The summed E-state index contributed by atoms with van der Waals surface area (Å²) >= 11 is 0. The third-order valence-corrected chi connectivity index (χ3v) is 7.16. The van der Waals surface area contributed by atoms with Gasteiger partial charge in [-0.1, -0.05) is 30.3 Å². The number of hydrogen-bond donors (Lipinski definition) is 0. The van der Waals surface area contributed by atoms with Crippen molar-refractivity contribution in [3.05, 3.63) is 53.6 Å². The monoisotopic (exact) mass is 389 g/mol. The van der Waals surface area contributed by atoms with E-state index < -0.39 is 10.0 Å². The number of ether oxygens (including phenoxy) is 2. The third-order valence-electron chi connectivity index (χ3n) is 5.24. The lowest BCUT2D eigenvalue weighted by atomic mass is 9.91. The van der Waals surface area contributed by atoms with Crippen LogP contribution in [-0.4, -0.2) is 40.0 Å². The average Bonchev–Trinajstić information content (AvgIpc) is 2.68. The Kier molecular flexibility index (Phi) is 6.07. The van der Waals surface area contributed by atoms with Crippen molar-refractivity contribution in [1.82, 2.24) is 4.31 Å². The molecule has 0 aliphatic carbocycles. The van der Waals surface area contributed by atoms with Crippen LogP contribution in [0.15, 0.2) is 47.4 Å². The summed E-state index contributed by atoms with van der Waals surface area (Å²) in [7, 11) is -0.588. The molecule has 27 heavy (non-hydrogen) atoms. The van der Waals surface area contributed by atoms with Gasteiger partial charge in [-0.2, -0.15) is 4.31 Å². The summed E-state index contributed by atoms with van der Waals surface area (Å²) in [5.74, 6) is 1.42. The van der Waals surface area contributed by atoms with E-state index in [0.717, 1.165) is 24.8 Å². The zero-order valence-electron chi connectivity index (χ0n) is 16.1. The van der Waals surface area contributed by atoms with Gasteiger partial charge < -0.3 is 9.47 Å². The normalized spacial score (nSPS) is 16.3. The molecule has 1 fully saturated rings. The smallest absolute Gasteiger partial charge is 0.246 e. The van der Waals surface area contributed by atoms with Crippen molar-refractivity contribution >= 4 is 10.0 Å². The minimum atomic E-state index is -3.62. The molecule has 6 heteroatoms. The van der Waals surface area contributed by atoms with Crippen LogP contribution in [0, 0.1) is 12.8 Å². The maximum Gasteiger partial charge on any atom is 0.246 e. The Morgan fingerprint density at radius 2 is 1.63 bits per heavy atom. The van der Waals surface area contributed by atoms with Gasteiger partial charge in [-0.05, 0) is 49.3 Å². The fourth-order valence-electron chi connectivity index (χ4n) is 3.66. The standard InChI is InChI=1S/C21H27NO4S/c1-16-13-20(26-3)21(15-19(16)25-2)27(23,24)22-11-9-18(10-12-22)14-17-7-5-4-6-8-17/h4-8,13,15,18H,9-12,14H2,1-3H3. The van der Waals surface area contributed by atoms with Crippen LogP contribution in [0.3, 0.4) is 0 Å². The van der Waals surface area contributed by atoms with E-state index in [4.69, 9.17) is 9.47 Å². The summed E-state index contributed by atoms with van der Waals surface area (Å²) in [5, 5.41) is 0. The van der Waals surface area contributed by atoms with E-state index in [2.05, 4.69) is 12.1 Å². The zero-order chi connectivity index (χ0) is 19.4. The first-order valence-corrected chi connectivity index (χ1v) is 10.7. The number of nitrogens with zero attached hydrogens (tertiary/aromatic N) is 1. The lowest BCUT2D eigenvalue weighted by Gasteiger charge is -2.31. The molecule has 0 radical (unpaired) electrons. The van der Waals surface area contributed by atoms with Crippen LogP contribution >= 0.6 is 0 Å². The number of hydrogen-bond acceptors (Lipinski definition) is 4. The van der Waals surface area contributed by atoms with Crippen molar-refractivity contribution in [2.45, 2.75) is 31.1 Å². The zero-order valence-corrected chi connectivity index (χ0v) is 17.0. The quantitative estimate of drug-likeness (QED) is 0.757. The highest BCUT2D eigenvalue weighted by atomic mass is 32.2. The van der Waals surface area contributed by atoms with Crippen LogP contribution in [0.2, 0.25) is 0 Å². The molecular weight excluding hydrogens is 362 g/mol. The highest BCUT2D eigenvalue weighted by Gasteiger charge is 2.32. The van der Waals surface area contributed by atoms with E-state index in [9.17, 15) is 8.42 Å². The number of aryl methyl sites for hydroxylation is 1. The first kappa shape index (κ1) is 19.7. The van der Waals surface area contributed by atoms with Gasteiger partial charge in [0, 0.05) is 19.2 Å². The molecule has 1 heterocycles. The van der Waals surface area contributed by atoms with Crippen LogP contribution in [0.5, 0.6) is 11.5 Å². The van der Waals surface area contributed by atoms with Gasteiger partial charge in [-0.15, -0.1) is 0 Å². The Labute approximate surface area is 162 Å². The number of methoxy groups -OCH3 is 2. The second kappa shape index (κ2) is 8.31. The molecule has 0 unspecified atom stereocenters. The van der Waals surface area contributed by atoms with Crippen LogP contribution in [-0.2, 0) is 16.4 Å². The van der Waals surface area contributed by atoms with Crippen molar-refractivity contribution in [2.75, 3.05) is 27.3 Å². The lowest BCUT2D eigenvalue weighted by Crippen LogP contribution is -2.39.